The fourth-order valence-corrected chi connectivity index (χ4v) is 4.96. The molecule has 4 N–H and O–H groups in total. The van der Waals surface area contributed by atoms with Crippen LogP contribution in [0.15, 0.2) is 66.7 Å². The van der Waals surface area contributed by atoms with Crippen LogP contribution in [0.5, 0.6) is 5.88 Å². The number of methoxy groups -OCH3 is 1. The predicted molar refractivity (Wildman–Crippen MR) is 155 cm³/mol. The first-order valence-electron chi connectivity index (χ1n) is 12.5. The van der Waals surface area contributed by atoms with Gasteiger partial charge in [0.15, 0.2) is 0 Å². The summed E-state index contributed by atoms with van der Waals surface area (Å²) in [6, 6.07) is 20.0. The fourth-order valence-electron chi connectivity index (χ4n) is 4.29. The second kappa shape index (κ2) is 13.8. The Balaban J connectivity index is 1.68. The van der Waals surface area contributed by atoms with Gasteiger partial charge < -0.3 is 25.6 Å². The molecule has 1 aromatic heterocycles. The van der Waals surface area contributed by atoms with Gasteiger partial charge in [-0.2, -0.15) is 0 Å². The number of rotatable bonds is 12. The highest BCUT2D eigenvalue weighted by Gasteiger charge is 2.17. The second-order valence-electron chi connectivity index (χ2n) is 8.81. The lowest BCUT2D eigenvalue weighted by Crippen LogP contribution is -2.18. The number of nitrogens with zero attached hydrogens (tertiary/aromatic N) is 1. The Morgan fingerprint density at radius 2 is 1.33 bits per heavy atom. The van der Waals surface area contributed by atoms with Crippen molar-refractivity contribution in [3.8, 4) is 39.4 Å². The van der Waals surface area contributed by atoms with Crippen molar-refractivity contribution < 1.29 is 19.3 Å². The van der Waals surface area contributed by atoms with Gasteiger partial charge in [-0.25, -0.2) is 9.37 Å². The molecule has 0 spiro atoms. The van der Waals surface area contributed by atoms with E-state index in [2.05, 4.69) is 15.6 Å². The highest BCUT2D eigenvalue weighted by molar-refractivity contribution is 6.39. The Bertz CT molecular complexity index is 1430. The number of benzene rings is 3. The lowest BCUT2D eigenvalue weighted by Gasteiger charge is -2.15. The van der Waals surface area contributed by atoms with E-state index in [4.69, 9.17) is 38.2 Å². The molecular weight excluding hydrogens is 540 g/mol. The molecule has 204 valence electrons. The highest BCUT2D eigenvalue weighted by atomic mass is 35.5. The molecule has 4 rings (SSSR count). The molecule has 0 saturated heterocycles. The van der Waals surface area contributed by atoms with E-state index in [1.54, 1.807) is 13.2 Å². The molecule has 0 aliphatic rings. The summed E-state index contributed by atoms with van der Waals surface area (Å²) in [5.74, 6) is 0.117. The molecule has 9 heteroatoms. The van der Waals surface area contributed by atoms with E-state index in [0.717, 1.165) is 16.7 Å². The maximum Gasteiger partial charge on any atom is 0.218 e. The number of halogens is 3. The van der Waals surface area contributed by atoms with Gasteiger partial charge in [-0.15, -0.1) is 0 Å². The van der Waals surface area contributed by atoms with E-state index in [1.165, 1.54) is 6.07 Å². The number of nitrogens with one attached hydrogen (secondary N) is 2. The zero-order chi connectivity index (χ0) is 27.8. The average molecular weight is 570 g/mol. The third-order valence-corrected chi connectivity index (χ3v) is 7.08. The van der Waals surface area contributed by atoms with Crippen molar-refractivity contribution in [1.82, 2.24) is 15.6 Å². The Labute approximate surface area is 237 Å². The van der Waals surface area contributed by atoms with E-state index in [1.807, 2.05) is 54.6 Å². The standard InChI is InChI=1S/C30H30Cl2FN3O3/c1-39-30-21(18-35-13-15-38)10-11-27(36-30)25-7-3-6-24(29(25)32)23-5-2-4-22(28(23)31)19-8-9-20(26(33)16-19)17-34-12-14-37/h2-11,16,34-35,37-38H,12-15,17-18H2,1H3. The van der Waals surface area contributed by atoms with Crippen LogP contribution in [0.25, 0.3) is 33.5 Å². The fraction of sp³-hybridized carbons (Fsp3) is 0.233. The topological polar surface area (TPSA) is 86.6 Å². The maximum absolute atomic E-state index is 14.8. The molecule has 0 unspecified atom stereocenters. The summed E-state index contributed by atoms with van der Waals surface area (Å²) in [6.07, 6.45) is 0. The Kier molecular flexibility index (Phi) is 10.3. The molecule has 3 aromatic carbocycles. The Morgan fingerprint density at radius 1 is 0.769 bits per heavy atom. The summed E-state index contributed by atoms with van der Waals surface area (Å²) in [5.41, 5.74) is 5.50. The van der Waals surface area contributed by atoms with Crippen molar-refractivity contribution in [2.75, 3.05) is 33.4 Å². The van der Waals surface area contributed by atoms with Gasteiger partial charge in [-0.1, -0.05) is 77.8 Å². The van der Waals surface area contributed by atoms with Gasteiger partial charge in [0.1, 0.15) is 5.82 Å². The molecule has 0 amide bonds. The minimum absolute atomic E-state index is 0.0102. The van der Waals surface area contributed by atoms with Crippen molar-refractivity contribution in [2.24, 2.45) is 0 Å². The van der Waals surface area contributed by atoms with Crippen LogP contribution in [0, 0.1) is 5.82 Å². The van der Waals surface area contributed by atoms with Crippen LogP contribution in [-0.4, -0.2) is 48.6 Å². The van der Waals surface area contributed by atoms with Gasteiger partial charge >= 0.3 is 0 Å². The van der Waals surface area contributed by atoms with Crippen LogP contribution >= 0.6 is 23.2 Å². The van der Waals surface area contributed by atoms with Crippen molar-refractivity contribution >= 4 is 23.2 Å². The number of aliphatic hydroxyl groups is 2. The molecule has 0 radical (unpaired) electrons. The maximum atomic E-state index is 14.8. The van der Waals surface area contributed by atoms with Crippen LogP contribution in [0.3, 0.4) is 0 Å². The largest absolute Gasteiger partial charge is 0.481 e. The van der Waals surface area contributed by atoms with Gasteiger partial charge in [0.05, 0.1) is 36.1 Å². The number of aromatic nitrogens is 1. The first-order valence-corrected chi connectivity index (χ1v) is 13.3. The zero-order valence-electron chi connectivity index (χ0n) is 21.5. The number of pyridine rings is 1. The summed E-state index contributed by atoms with van der Waals surface area (Å²) < 4.78 is 20.3. The summed E-state index contributed by atoms with van der Waals surface area (Å²) in [6.45, 7) is 1.73. The molecule has 0 fully saturated rings. The first kappa shape index (κ1) is 29.0. The van der Waals surface area contributed by atoms with Gasteiger partial charge in [0.25, 0.3) is 0 Å². The lowest BCUT2D eigenvalue weighted by atomic mass is 9.96. The van der Waals surface area contributed by atoms with E-state index < -0.39 is 0 Å². The van der Waals surface area contributed by atoms with Gasteiger partial charge in [-0.3, -0.25) is 0 Å². The average Bonchev–Trinajstić information content (AvgIpc) is 2.95. The summed E-state index contributed by atoms with van der Waals surface area (Å²) in [7, 11) is 1.56. The van der Waals surface area contributed by atoms with E-state index in [9.17, 15) is 4.39 Å². The van der Waals surface area contributed by atoms with Crippen molar-refractivity contribution in [3.05, 3.63) is 93.7 Å². The SMILES string of the molecule is COc1nc(-c2cccc(-c3cccc(-c4ccc(CNCCO)c(F)c4)c3Cl)c2Cl)ccc1CNCCO. The molecule has 1 heterocycles. The predicted octanol–water partition coefficient (Wildman–Crippen LogP) is 5.70. The lowest BCUT2D eigenvalue weighted by molar-refractivity contribution is 0.291. The minimum atomic E-state index is -0.352. The normalized spacial score (nSPS) is 11.1. The number of hydrogen-bond acceptors (Lipinski definition) is 6. The van der Waals surface area contributed by atoms with E-state index in [-0.39, 0.29) is 19.0 Å². The van der Waals surface area contributed by atoms with Crippen LogP contribution in [-0.2, 0) is 13.1 Å². The van der Waals surface area contributed by atoms with E-state index >= 15 is 0 Å². The molecule has 0 bridgehead atoms. The summed E-state index contributed by atoms with van der Waals surface area (Å²) >= 11 is 13.8. The number of hydrogen-bond donors (Lipinski definition) is 4. The molecule has 0 saturated carbocycles. The van der Waals surface area contributed by atoms with Crippen LogP contribution in [0.2, 0.25) is 10.0 Å². The molecule has 4 aromatic rings. The monoisotopic (exact) mass is 569 g/mol. The van der Waals surface area contributed by atoms with Crippen LogP contribution < -0.4 is 15.4 Å². The Hall–Kier alpha value is -3.04. The minimum Gasteiger partial charge on any atom is -0.481 e. The van der Waals surface area contributed by atoms with Crippen LogP contribution in [0.4, 0.5) is 4.39 Å². The van der Waals surface area contributed by atoms with Crippen LogP contribution in [0.1, 0.15) is 11.1 Å². The highest BCUT2D eigenvalue weighted by Crippen LogP contribution is 2.42. The zero-order valence-corrected chi connectivity index (χ0v) is 23.0. The first-order chi connectivity index (χ1) is 19.0. The summed E-state index contributed by atoms with van der Waals surface area (Å²) in [5, 5.41) is 25.0. The quantitative estimate of drug-likeness (QED) is 0.164. The van der Waals surface area contributed by atoms with Gasteiger partial charge in [0, 0.05) is 59.6 Å². The molecule has 0 aliphatic carbocycles. The molecule has 39 heavy (non-hydrogen) atoms. The Morgan fingerprint density at radius 3 is 1.95 bits per heavy atom. The van der Waals surface area contributed by atoms with Crippen molar-refractivity contribution in [2.45, 2.75) is 13.1 Å². The van der Waals surface area contributed by atoms with E-state index in [0.29, 0.717) is 70.1 Å². The second-order valence-corrected chi connectivity index (χ2v) is 9.56. The number of ether oxygens (including phenoxy) is 1. The third-order valence-electron chi connectivity index (χ3n) is 6.27. The third kappa shape index (κ3) is 6.76. The number of aliphatic hydroxyl groups excluding tert-OH is 2. The molecule has 6 nitrogen and oxygen atoms in total. The molecule has 0 aliphatic heterocycles. The van der Waals surface area contributed by atoms with Gasteiger partial charge in [-0.05, 0) is 17.7 Å². The molecule has 0 atom stereocenters. The van der Waals surface area contributed by atoms with Crippen molar-refractivity contribution in [3.63, 3.8) is 0 Å². The van der Waals surface area contributed by atoms with Crippen molar-refractivity contribution in [1.29, 1.82) is 0 Å². The van der Waals surface area contributed by atoms with Gasteiger partial charge in [0.2, 0.25) is 5.88 Å². The molecular formula is C30H30Cl2FN3O3. The summed E-state index contributed by atoms with van der Waals surface area (Å²) in [4.78, 5) is 4.67. The smallest absolute Gasteiger partial charge is 0.218 e.